The molecule has 0 aliphatic carbocycles. The number of carbonyl (C=O) groups is 1. The molecule has 0 saturated carbocycles. The molecule has 128 valence electrons. The average molecular weight is 340 g/mol. The summed E-state index contributed by atoms with van der Waals surface area (Å²) in [6.07, 6.45) is 3.03. The summed E-state index contributed by atoms with van der Waals surface area (Å²) in [6.45, 7) is 1.90. The van der Waals surface area contributed by atoms with E-state index in [0.717, 1.165) is 0 Å². The van der Waals surface area contributed by atoms with E-state index in [0.29, 0.717) is 28.5 Å². The molecule has 0 unspecified atom stereocenters. The molecule has 0 amide bonds. The largest absolute Gasteiger partial charge is 0.449 e. The molecule has 0 aliphatic rings. The van der Waals surface area contributed by atoms with Crippen molar-refractivity contribution in [1.82, 2.24) is 9.97 Å². The van der Waals surface area contributed by atoms with Crippen molar-refractivity contribution in [2.45, 2.75) is 19.9 Å². The van der Waals surface area contributed by atoms with Gasteiger partial charge in [-0.25, -0.2) is 14.4 Å². The predicted octanol–water partition coefficient (Wildman–Crippen LogP) is 3.14. The normalized spacial score (nSPS) is 10.6. The summed E-state index contributed by atoms with van der Waals surface area (Å²) in [5.41, 5.74) is 7.78. The fraction of sp³-hybridized carbons (Fsp3) is 0.167. The quantitative estimate of drug-likeness (QED) is 0.670. The Bertz CT molecular complexity index is 908. The summed E-state index contributed by atoms with van der Waals surface area (Å²) in [5, 5.41) is 3.05. The van der Waals surface area contributed by atoms with E-state index in [1.807, 2.05) is 0 Å². The van der Waals surface area contributed by atoms with Gasteiger partial charge in [0.2, 0.25) is 0 Å². The molecule has 0 saturated heterocycles. The maximum atomic E-state index is 14.0. The third kappa shape index (κ3) is 4.00. The number of benzene rings is 1. The van der Waals surface area contributed by atoms with Gasteiger partial charge in [0.1, 0.15) is 23.6 Å². The van der Waals surface area contributed by atoms with Crippen molar-refractivity contribution in [2.24, 2.45) is 0 Å². The van der Waals surface area contributed by atoms with Crippen LogP contribution in [0.2, 0.25) is 0 Å². The Labute approximate surface area is 143 Å². The lowest BCUT2D eigenvalue weighted by molar-refractivity contribution is 0.0988. The van der Waals surface area contributed by atoms with Gasteiger partial charge < -0.3 is 15.5 Å². The first-order chi connectivity index (χ1) is 12.0. The van der Waals surface area contributed by atoms with Crippen LogP contribution < -0.4 is 11.1 Å². The zero-order valence-electron chi connectivity index (χ0n) is 13.6. The van der Waals surface area contributed by atoms with E-state index in [9.17, 15) is 9.18 Å². The number of nitrogens with one attached hydrogen (secondary N) is 1. The second kappa shape index (κ2) is 7.12. The Kier molecular flexibility index (Phi) is 4.74. The third-order valence-electron chi connectivity index (χ3n) is 3.69. The molecule has 0 fully saturated rings. The fourth-order valence-corrected chi connectivity index (χ4v) is 2.40. The standard InChI is InChI=1S/C18H17FN4O2/c1-11-23-16(10-25-11)17(24)8-12-4-5-14(19)13(7-12)9-22-15-3-2-6-21-18(15)20/h2-7,10,22H,8-9H2,1H3,(H2,20,21). The van der Waals surface area contributed by atoms with Crippen LogP contribution in [0, 0.1) is 12.7 Å². The van der Waals surface area contributed by atoms with E-state index in [4.69, 9.17) is 10.2 Å². The Balaban J connectivity index is 1.72. The van der Waals surface area contributed by atoms with Crippen LogP contribution in [0.15, 0.2) is 47.2 Å². The Morgan fingerprint density at radius 3 is 2.92 bits per heavy atom. The van der Waals surface area contributed by atoms with Crippen molar-refractivity contribution < 1.29 is 13.6 Å². The van der Waals surface area contributed by atoms with Gasteiger partial charge >= 0.3 is 0 Å². The molecule has 7 heteroatoms. The van der Waals surface area contributed by atoms with Crippen LogP contribution in [-0.4, -0.2) is 15.8 Å². The van der Waals surface area contributed by atoms with Gasteiger partial charge in [0.05, 0.1) is 5.69 Å². The average Bonchev–Trinajstić information content (AvgIpc) is 3.03. The van der Waals surface area contributed by atoms with E-state index in [2.05, 4.69) is 15.3 Å². The van der Waals surface area contributed by atoms with Gasteiger partial charge in [-0.2, -0.15) is 0 Å². The van der Waals surface area contributed by atoms with Gasteiger partial charge in [0.15, 0.2) is 11.7 Å². The molecule has 0 bridgehead atoms. The lowest BCUT2D eigenvalue weighted by Crippen LogP contribution is -2.08. The molecular formula is C18H17FN4O2. The number of Topliss-reactive ketones (excluding diaryl/α,β-unsaturated/α-hetero) is 1. The molecular weight excluding hydrogens is 323 g/mol. The number of hydrogen-bond donors (Lipinski definition) is 2. The smallest absolute Gasteiger partial charge is 0.191 e. The zero-order valence-corrected chi connectivity index (χ0v) is 13.6. The highest BCUT2D eigenvalue weighted by atomic mass is 19.1. The second-order valence-electron chi connectivity index (χ2n) is 5.57. The number of aromatic nitrogens is 2. The molecule has 3 N–H and O–H groups in total. The first-order valence-electron chi connectivity index (χ1n) is 7.70. The lowest BCUT2D eigenvalue weighted by Gasteiger charge is -2.10. The second-order valence-corrected chi connectivity index (χ2v) is 5.57. The summed E-state index contributed by atoms with van der Waals surface area (Å²) in [4.78, 5) is 20.2. The van der Waals surface area contributed by atoms with Gasteiger partial charge in [-0.15, -0.1) is 0 Å². The number of anilines is 2. The minimum absolute atomic E-state index is 0.119. The van der Waals surface area contributed by atoms with Crippen LogP contribution in [0.3, 0.4) is 0 Å². The van der Waals surface area contributed by atoms with Crippen molar-refractivity contribution in [3.8, 4) is 0 Å². The van der Waals surface area contributed by atoms with Crippen LogP contribution in [0.1, 0.15) is 27.5 Å². The van der Waals surface area contributed by atoms with Crippen LogP contribution in [0.25, 0.3) is 0 Å². The number of ketones is 1. The molecule has 3 rings (SSSR count). The minimum atomic E-state index is -0.358. The highest BCUT2D eigenvalue weighted by Crippen LogP contribution is 2.18. The molecule has 2 heterocycles. The molecule has 3 aromatic rings. The Morgan fingerprint density at radius 1 is 1.36 bits per heavy atom. The topological polar surface area (TPSA) is 94.0 Å². The maximum Gasteiger partial charge on any atom is 0.191 e. The summed E-state index contributed by atoms with van der Waals surface area (Å²) >= 11 is 0. The van der Waals surface area contributed by atoms with Crippen molar-refractivity contribution in [2.75, 3.05) is 11.1 Å². The number of nitrogens with two attached hydrogens (primary N) is 1. The maximum absolute atomic E-state index is 14.0. The number of nitrogens with zero attached hydrogens (tertiary/aromatic N) is 2. The molecule has 25 heavy (non-hydrogen) atoms. The van der Waals surface area contributed by atoms with Crippen molar-refractivity contribution in [3.05, 3.63) is 71.3 Å². The van der Waals surface area contributed by atoms with E-state index < -0.39 is 0 Å². The highest BCUT2D eigenvalue weighted by Gasteiger charge is 2.13. The monoisotopic (exact) mass is 340 g/mol. The summed E-state index contributed by atoms with van der Waals surface area (Å²) in [6, 6.07) is 8.09. The van der Waals surface area contributed by atoms with Crippen LogP contribution in [0.5, 0.6) is 0 Å². The van der Waals surface area contributed by atoms with Crippen molar-refractivity contribution in [3.63, 3.8) is 0 Å². The fourth-order valence-electron chi connectivity index (χ4n) is 2.40. The number of pyridine rings is 1. The number of nitrogen functional groups attached to an aromatic ring is 1. The number of halogens is 1. The number of oxazole rings is 1. The molecule has 0 atom stereocenters. The Morgan fingerprint density at radius 2 is 2.20 bits per heavy atom. The van der Waals surface area contributed by atoms with Gasteiger partial charge in [-0.3, -0.25) is 4.79 Å². The predicted molar refractivity (Wildman–Crippen MR) is 91.7 cm³/mol. The Hall–Kier alpha value is -3.22. The summed E-state index contributed by atoms with van der Waals surface area (Å²) in [5.74, 6) is 0.236. The van der Waals surface area contributed by atoms with Crippen LogP contribution in [-0.2, 0) is 13.0 Å². The molecule has 0 aliphatic heterocycles. The molecule has 0 radical (unpaired) electrons. The molecule has 2 aromatic heterocycles. The van der Waals surface area contributed by atoms with E-state index in [-0.39, 0.29) is 30.3 Å². The van der Waals surface area contributed by atoms with Gasteiger partial charge in [0.25, 0.3) is 0 Å². The third-order valence-corrected chi connectivity index (χ3v) is 3.69. The summed E-state index contributed by atoms with van der Waals surface area (Å²) in [7, 11) is 0. The van der Waals surface area contributed by atoms with Crippen molar-refractivity contribution in [1.29, 1.82) is 0 Å². The van der Waals surface area contributed by atoms with Gasteiger partial charge in [-0.1, -0.05) is 12.1 Å². The number of aryl methyl sites for hydroxylation is 1. The van der Waals surface area contributed by atoms with Gasteiger partial charge in [0, 0.05) is 31.6 Å². The summed E-state index contributed by atoms with van der Waals surface area (Å²) < 4.78 is 19.1. The highest BCUT2D eigenvalue weighted by molar-refractivity contribution is 5.95. The molecule has 1 aromatic carbocycles. The van der Waals surface area contributed by atoms with Crippen LogP contribution in [0.4, 0.5) is 15.9 Å². The van der Waals surface area contributed by atoms with E-state index in [1.54, 1.807) is 37.4 Å². The minimum Gasteiger partial charge on any atom is -0.449 e. The van der Waals surface area contributed by atoms with Crippen molar-refractivity contribution >= 4 is 17.3 Å². The first-order valence-corrected chi connectivity index (χ1v) is 7.70. The zero-order chi connectivity index (χ0) is 17.8. The first kappa shape index (κ1) is 16.6. The van der Waals surface area contributed by atoms with Gasteiger partial charge in [-0.05, 0) is 23.8 Å². The number of rotatable bonds is 6. The van der Waals surface area contributed by atoms with E-state index >= 15 is 0 Å². The lowest BCUT2D eigenvalue weighted by atomic mass is 10.0. The number of carbonyl (C=O) groups excluding carboxylic acids is 1. The number of hydrogen-bond acceptors (Lipinski definition) is 6. The molecule has 6 nitrogen and oxygen atoms in total. The van der Waals surface area contributed by atoms with Crippen LogP contribution >= 0.6 is 0 Å². The molecule has 0 spiro atoms. The van der Waals surface area contributed by atoms with E-state index in [1.165, 1.54) is 12.3 Å². The SMILES string of the molecule is Cc1nc(C(=O)Cc2ccc(F)c(CNc3cccnc3N)c2)co1.